The fourth-order valence-corrected chi connectivity index (χ4v) is 5.34. The van der Waals surface area contributed by atoms with Gasteiger partial charge in [0.05, 0.1) is 23.3 Å². The van der Waals surface area contributed by atoms with E-state index in [1.807, 2.05) is 24.3 Å². The van der Waals surface area contributed by atoms with Crippen LogP contribution in [0.2, 0.25) is 0 Å². The number of amides is 2. The predicted molar refractivity (Wildman–Crippen MR) is 105 cm³/mol. The third kappa shape index (κ3) is 4.51. The summed E-state index contributed by atoms with van der Waals surface area (Å²) < 4.78 is 23.2. The zero-order valence-corrected chi connectivity index (χ0v) is 17.2. The van der Waals surface area contributed by atoms with Crippen molar-refractivity contribution in [2.75, 3.05) is 23.9 Å². The van der Waals surface area contributed by atoms with Gasteiger partial charge in [0.25, 0.3) is 0 Å². The zero-order chi connectivity index (χ0) is 20.0. The SMILES string of the molecule is CN(C(=O)C1CC1C(=O)Nc1ccc(C(C)(C)C)cc1)C1CCS(=O)(=O)C1. The summed E-state index contributed by atoms with van der Waals surface area (Å²) in [6.07, 6.45) is 1.00. The Kier molecular flexibility index (Phi) is 5.10. The highest BCUT2D eigenvalue weighted by atomic mass is 32.2. The van der Waals surface area contributed by atoms with Gasteiger partial charge in [-0.25, -0.2) is 8.42 Å². The van der Waals surface area contributed by atoms with E-state index < -0.39 is 9.84 Å². The van der Waals surface area contributed by atoms with E-state index in [0.717, 1.165) is 5.69 Å². The number of anilines is 1. The molecule has 1 aliphatic carbocycles. The minimum Gasteiger partial charge on any atom is -0.341 e. The zero-order valence-electron chi connectivity index (χ0n) is 16.4. The van der Waals surface area contributed by atoms with Gasteiger partial charge in [0.2, 0.25) is 11.8 Å². The number of hydrogen-bond acceptors (Lipinski definition) is 4. The standard InChI is InChI=1S/C20H28N2O4S/c1-20(2,3)13-5-7-14(8-6-13)21-18(23)16-11-17(16)19(24)22(4)15-9-10-27(25,26)12-15/h5-8,15-17H,9-12H2,1-4H3,(H,21,23). The van der Waals surface area contributed by atoms with Gasteiger partial charge in [-0.3, -0.25) is 9.59 Å². The van der Waals surface area contributed by atoms with Crippen molar-refractivity contribution in [1.82, 2.24) is 4.90 Å². The average molecular weight is 393 g/mol. The van der Waals surface area contributed by atoms with Crippen LogP contribution in [0.15, 0.2) is 24.3 Å². The Labute approximate surface area is 161 Å². The highest BCUT2D eigenvalue weighted by Gasteiger charge is 2.50. The summed E-state index contributed by atoms with van der Waals surface area (Å²) >= 11 is 0. The lowest BCUT2D eigenvalue weighted by atomic mass is 9.87. The van der Waals surface area contributed by atoms with Crippen LogP contribution in [0.3, 0.4) is 0 Å². The predicted octanol–water partition coefficient (Wildman–Crippen LogP) is 2.20. The third-order valence-corrected chi connectivity index (χ3v) is 7.32. The summed E-state index contributed by atoms with van der Waals surface area (Å²) in [6, 6.07) is 7.50. The van der Waals surface area contributed by atoms with Gasteiger partial charge in [-0.05, 0) is 36.0 Å². The maximum atomic E-state index is 12.6. The number of rotatable bonds is 4. The van der Waals surface area contributed by atoms with E-state index in [1.165, 1.54) is 10.5 Å². The topological polar surface area (TPSA) is 83.6 Å². The quantitative estimate of drug-likeness (QED) is 0.851. The molecule has 1 N–H and O–H groups in total. The number of hydrogen-bond donors (Lipinski definition) is 1. The van der Waals surface area contributed by atoms with Crippen molar-refractivity contribution in [2.45, 2.75) is 45.1 Å². The van der Waals surface area contributed by atoms with E-state index in [9.17, 15) is 18.0 Å². The summed E-state index contributed by atoms with van der Waals surface area (Å²) in [7, 11) is -1.39. The first kappa shape index (κ1) is 19.9. The molecule has 2 aliphatic rings. The molecule has 27 heavy (non-hydrogen) atoms. The second-order valence-corrected chi connectivity index (χ2v) is 11.0. The normalized spacial score (nSPS) is 26.4. The molecule has 1 saturated carbocycles. The molecule has 0 radical (unpaired) electrons. The molecule has 2 fully saturated rings. The van der Waals surface area contributed by atoms with Gasteiger partial charge in [0, 0.05) is 18.8 Å². The van der Waals surface area contributed by atoms with Crippen molar-refractivity contribution in [1.29, 1.82) is 0 Å². The number of carbonyl (C=O) groups excluding carboxylic acids is 2. The lowest BCUT2D eigenvalue weighted by molar-refractivity contribution is -0.134. The second kappa shape index (κ2) is 6.93. The van der Waals surface area contributed by atoms with Crippen molar-refractivity contribution < 1.29 is 18.0 Å². The molecule has 1 aliphatic heterocycles. The molecular weight excluding hydrogens is 364 g/mol. The molecule has 0 aromatic heterocycles. The lowest BCUT2D eigenvalue weighted by Crippen LogP contribution is -2.39. The van der Waals surface area contributed by atoms with Crippen LogP contribution in [0, 0.1) is 11.8 Å². The molecule has 1 heterocycles. The van der Waals surface area contributed by atoms with Crippen molar-refractivity contribution in [3.63, 3.8) is 0 Å². The largest absolute Gasteiger partial charge is 0.341 e. The first-order chi connectivity index (χ1) is 12.5. The van der Waals surface area contributed by atoms with Crippen LogP contribution in [0.4, 0.5) is 5.69 Å². The van der Waals surface area contributed by atoms with Crippen LogP contribution in [0.5, 0.6) is 0 Å². The number of nitrogens with one attached hydrogen (secondary N) is 1. The highest BCUT2D eigenvalue weighted by molar-refractivity contribution is 7.91. The lowest BCUT2D eigenvalue weighted by Gasteiger charge is -2.23. The highest BCUT2D eigenvalue weighted by Crippen LogP contribution is 2.41. The van der Waals surface area contributed by atoms with Crippen molar-refractivity contribution in [3.8, 4) is 0 Å². The van der Waals surface area contributed by atoms with Crippen molar-refractivity contribution in [3.05, 3.63) is 29.8 Å². The van der Waals surface area contributed by atoms with Crippen LogP contribution in [-0.2, 0) is 24.8 Å². The average Bonchev–Trinajstić information content (AvgIpc) is 3.30. The molecule has 3 rings (SSSR count). The van der Waals surface area contributed by atoms with Gasteiger partial charge in [-0.2, -0.15) is 0 Å². The van der Waals surface area contributed by atoms with E-state index in [2.05, 4.69) is 26.1 Å². The third-order valence-electron chi connectivity index (χ3n) is 5.57. The molecule has 2 amide bonds. The molecular formula is C20H28N2O4S. The molecule has 1 aromatic carbocycles. The second-order valence-electron chi connectivity index (χ2n) is 8.77. The van der Waals surface area contributed by atoms with Crippen LogP contribution >= 0.6 is 0 Å². The first-order valence-electron chi connectivity index (χ1n) is 9.36. The molecule has 148 valence electrons. The summed E-state index contributed by atoms with van der Waals surface area (Å²) in [5, 5.41) is 2.88. The number of benzene rings is 1. The Morgan fingerprint density at radius 1 is 1.11 bits per heavy atom. The minimum absolute atomic E-state index is 0.0267. The molecule has 1 saturated heterocycles. The number of carbonyl (C=O) groups is 2. The van der Waals surface area contributed by atoms with Crippen molar-refractivity contribution >= 4 is 27.3 Å². The minimum atomic E-state index is -3.04. The Balaban J connectivity index is 1.55. The molecule has 0 bridgehead atoms. The Bertz CT molecular complexity index is 840. The maximum absolute atomic E-state index is 12.6. The summed E-state index contributed by atoms with van der Waals surface area (Å²) in [6.45, 7) is 6.40. The van der Waals surface area contributed by atoms with E-state index >= 15 is 0 Å². The van der Waals surface area contributed by atoms with Gasteiger partial charge < -0.3 is 10.2 Å². The van der Waals surface area contributed by atoms with Crippen molar-refractivity contribution in [2.24, 2.45) is 11.8 Å². The summed E-state index contributed by atoms with van der Waals surface area (Å²) in [4.78, 5) is 26.5. The maximum Gasteiger partial charge on any atom is 0.228 e. The molecule has 6 nitrogen and oxygen atoms in total. The Morgan fingerprint density at radius 2 is 1.74 bits per heavy atom. The smallest absolute Gasteiger partial charge is 0.228 e. The fraction of sp³-hybridized carbons (Fsp3) is 0.600. The Hall–Kier alpha value is -1.89. The number of sulfone groups is 1. The van der Waals surface area contributed by atoms with E-state index in [4.69, 9.17) is 0 Å². The summed E-state index contributed by atoms with van der Waals surface area (Å²) in [5.74, 6) is -0.787. The molecule has 0 spiro atoms. The van der Waals surface area contributed by atoms with E-state index in [-0.39, 0.29) is 46.6 Å². The van der Waals surface area contributed by atoms with E-state index in [1.54, 1.807) is 7.05 Å². The monoisotopic (exact) mass is 392 g/mol. The fourth-order valence-electron chi connectivity index (χ4n) is 3.57. The van der Waals surface area contributed by atoms with Crippen LogP contribution in [0.25, 0.3) is 0 Å². The van der Waals surface area contributed by atoms with E-state index in [0.29, 0.717) is 12.8 Å². The first-order valence-corrected chi connectivity index (χ1v) is 11.2. The van der Waals surface area contributed by atoms with Crippen LogP contribution < -0.4 is 5.32 Å². The summed E-state index contributed by atoms with van der Waals surface area (Å²) in [5.41, 5.74) is 1.96. The molecule has 3 atom stereocenters. The van der Waals surface area contributed by atoms with Crippen LogP contribution in [0.1, 0.15) is 39.2 Å². The van der Waals surface area contributed by atoms with Crippen LogP contribution in [-0.4, -0.2) is 49.7 Å². The Morgan fingerprint density at radius 3 is 2.26 bits per heavy atom. The van der Waals surface area contributed by atoms with Gasteiger partial charge >= 0.3 is 0 Å². The number of nitrogens with zero attached hydrogens (tertiary/aromatic N) is 1. The van der Waals surface area contributed by atoms with Gasteiger partial charge in [0.15, 0.2) is 9.84 Å². The molecule has 1 aromatic rings. The molecule has 7 heteroatoms. The molecule has 3 unspecified atom stereocenters. The van der Waals surface area contributed by atoms with Gasteiger partial charge in [-0.1, -0.05) is 32.9 Å². The van der Waals surface area contributed by atoms with Gasteiger partial charge in [-0.15, -0.1) is 0 Å². The van der Waals surface area contributed by atoms with Gasteiger partial charge in [0.1, 0.15) is 0 Å².